The third-order valence-electron chi connectivity index (χ3n) is 6.98. The van der Waals surface area contributed by atoms with Gasteiger partial charge in [-0.15, -0.1) is 0 Å². The molecule has 3 aliphatic heterocycles. The molecule has 0 spiro atoms. The summed E-state index contributed by atoms with van der Waals surface area (Å²) in [6.07, 6.45) is 2.77. The van der Waals surface area contributed by atoms with Gasteiger partial charge in [-0.3, -0.25) is 4.90 Å². The molecule has 0 saturated carbocycles. The molecule has 3 aromatic carbocycles. The van der Waals surface area contributed by atoms with E-state index in [1.807, 2.05) is 0 Å². The van der Waals surface area contributed by atoms with Crippen molar-refractivity contribution >= 4 is 0 Å². The van der Waals surface area contributed by atoms with E-state index in [2.05, 4.69) is 96.8 Å². The van der Waals surface area contributed by atoms with E-state index in [4.69, 9.17) is 4.74 Å². The van der Waals surface area contributed by atoms with Crippen molar-refractivity contribution in [1.82, 2.24) is 4.90 Å². The fourth-order valence-corrected chi connectivity index (χ4v) is 5.57. The Morgan fingerprint density at radius 2 is 1.47 bits per heavy atom. The largest absolute Gasteiger partial charge is 0.372 e. The highest BCUT2D eigenvalue weighted by atomic mass is 16.5. The molecule has 3 saturated heterocycles. The third-order valence-corrected chi connectivity index (χ3v) is 6.98. The van der Waals surface area contributed by atoms with Crippen molar-refractivity contribution in [1.29, 1.82) is 0 Å². The molecule has 3 fully saturated rings. The smallest absolute Gasteiger partial charge is 0.0773 e. The number of hydrogen-bond acceptors (Lipinski definition) is 2. The molecule has 0 aliphatic carbocycles. The molecule has 0 unspecified atom stereocenters. The second kappa shape index (κ2) is 8.75. The molecule has 3 aliphatic rings. The predicted octanol–water partition coefficient (Wildman–Crippen LogP) is 5.81. The van der Waals surface area contributed by atoms with Crippen molar-refractivity contribution in [3.63, 3.8) is 0 Å². The maximum absolute atomic E-state index is 6.75. The lowest BCUT2D eigenvalue weighted by Crippen LogP contribution is -2.60. The number of ether oxygens (including phenoxy) is 1. The first kappa shape index (κ1) is 19.5. The third kappa shape index (κ3) is 3.95. The monoisotopic (exact) mass is 397 g/mol. The predicted molar refractivity (Wildman–Crippen MR) is 123 cm³/mol. The maximum Gasteiger partial charge on any atom is 0.0773 e. The van der Waals surface area contributed by atoms with Gasteiger partial charge in [-0.2, -0.15) is 0 Å². The van der Waals surface area contributed by atoms with E-state index in [1.165, 1.54) is 48.2 Å². The molecule has 154 valence electrons. The van der Waals surface area contributed by atoms with Crippen LogP contribution in [0.1, 0.15) is 41.0 Å². The summed E-state index contributed by atoms with van der Waals surface area (Å²) in [6, 6.07) is 31.2. The Balaban J connectivity index is 1.49. The zero-order chi connectivity index (χ0) is 20.3. The molecular weight excluding hydrogens is 366 g/mol. The number of hydrogen-bond donors (Lipinski definition) is 0. The topological polar surface area (TPSA) is 12.5 Å². The summed E-state index contributed by atoms with van der Waals surface area (Å²) in [7, 11) is 0. The van der Waals surface area contributed by atoms with Gasteiger partial charge < -0.3 is 4.74 Å². The Morgan fingerprint density at radius 3 is 2.07 bits per heavy atom. The number of aryl methyl sites for hydroxylation is 1. The van der Waals surface area contributed by atoms with Crippen LogP contribution in [0.15, 0.2) is 84.9 Å². The van der Waals surface area contributed by atoms with Gasteiger partial charge in [0.05, 0.1) is 12.7 Å². The zero-order valence-corrected chi connectivity index (χ0v) is 17.8. The van der Waals surface area contributed by atoms with E-state index in [0.29, 0.717) is 24.5 Å². The number of rotatable bonds is 6. The van der Waals surface area contributed by atoms with Crippen molar-refractivity contribution in [3.05, 3.63) is 107 Å². The first-order chi connectivity index (χ1) is 14.8. The average molecular weight is 398 g/mol. The second-order valence-electron chi connectivity index (χ2n) is 8.93. The van der Waals surface area contributed by atoms with E-state index < -0.39 is 0 Å². The molecule has 2 bridgehead atoms. The van der Waals surface area contributed by atoms with Crippen LogP contribution < -0.4 is 0 Å². The normalized spacial score (nSPS) is 25.5. The Bertz CT molecular complexity index is 907. The first-order valence-electron chi connectivity index (χ1n) is 11.3. The van der Waals surface area contributed by atoms with Crippen LogP contribution in [0.3, 0.4) is 0 Å². The standard InChI is InChI=1S/C28H31NO/c1-21-9-8-10-22(19-21)20-30-28-25-15-17-29(18-16-25)27(28)26(23-11-4-2-5-12-23)24-13-6-3-7-14-24/h2-14,19,25-28H,15-18,20H2,1H3/t27-,28-/m1/s1. The van der Waals surface area contributed by atoms with Crippen LogP contribution in [0.2, 0.25) is 0 Å². The highest BCUT2D eigenvalue weighted by Crippen LogP contribution is 2.43. The Morgan fingerprint density at radius 1 is 0.833 bits per heavy atom. The van der Waals surface area contributed by atoms with E-state index in [9.17, 15) is 0 Å². The number of piperidine rings is 3. The number of nitrogens with zero attached hydrogens (tertiary/aromatic N) is 1. The van der Waals surface area contributed by atoms with Crippen LogP contribution in [0.4, 0.5) is 0 Å². The van der Waals surface area contributed by atoms with E-state index in [-0.39, 0.29) is 6.10 Å². The van der Waals surface area contributed by atoms with Crippen LogP contribution in [0.5, 0.6) is 0 Å². The van der Waals surface area contributed by atoms with Crippen molar-refractivity contribution in [2.75, 3.05) is 13.1 Å². The van der Waals surface area contributed by atoms with Gasteiger partial charge in [-0.05, 0) is 55.5 Å². The Hall–Kier alpha value is -2.42. The highest BCUT2D eigenvalue weighted by molar-refractivity contribution is 5.35. The SMILES string of the molecule is Cc1cccc(CO[C@@H]2C3CCN(CC3)[C@@H]2C(c2ccccc2)c2ccccc2)c1. The molecule has 0 aromatic heterocycles. The fraction of sp³-hybridized carbons (Fsp3) is 0.357. The Labute approximate surface area is 180 Å². The van der Waals surface area contributed by atoms with E-state index in [1.54, 1.807) is 0 Å². The zero-order valence-electron chi connectivity index (χ0n) is 17.8. The molecule has 2 atom stereocenters. The second-order valence-corrected chi connectivity index (χ2v) is 8.93. The van der Waals surface area contributed by atoms with E-state index >= 15 is 0 Å². The fourth-order valence-electron chi connectivity index (χ4n) is 5.57. The van der Waals surface area contributed by atoms with Gasteiger partial charge in [0.25, 0.3) is 0 Å². The summed E-state index contributed by atoms with van der Waals surface area (Å²) in [6.45, 7) is 5.23. The lowest BCUT2D eigenvalue weighted by molar-refractivity contribution is -0.120. The Kier molecular flexibility index (Phi) is 5.70. The molecule has 6 rings (SSSR count). The molecule has 2 nitrogen and oxygen atoms in total. The van der Waals surface area contributed by atoms with Crippen LogP contribution >= 0.6 is 0 Å². The minimum Gasteiger partial charge on any atom is -0.372 e. The summed E-state index contributed by atoms with van der Waals surface area (Å²) < 4.78 is 6.75. The molecule has 0 amide bonds. The van der Waals surface area contributed by atoms with Crippen LogP contribution in [-0.2, 0) is 11.3 Å². The van der Waals surface area contributed by atoms with Gasteiger partial charge >= 0.3 is 0 Å². The summed E-state index contributed by atoms with van der Waals surface area (Å²) in [5.41, 5.74) is 5.37. The lowest BCUT2D eigenvalue weighted by Gasteiger charge is -2.53. The minimum absolute atomic E-state index is 0.262. The lowest BCUT2D eigenvalue weighted by atomic mass is 9.72. The average Bonchev–Trinajstić information content (AvgIpc) is 2.81. The van der Waals surface area contributed by atoms with Gasteiger partial charge in [0.1, 0.15) is 0 Å². The molecule has 2 heteroatoms. The molecule has 0 radical (unpaired) electrons. The first-order valence-corrected chi connectivity index (χ1v) is 11.3. The van der Waals surface area contributed by atoms with Crippen molar-refractivity contribution in [2.45, 2.75) is 44.4 Å². The number of benzene rings is 3. The van der Waals surface area contributed by atoms with Gasteiger partial charge in [0, 0.05) is 12.0 Å². The summed E-state index contributed by atoms with van der Waals surface area (Å²) >= 11 is 0. The van der Waals surface area contributed by atoms with Gasteiger partial charge in [-0.1, -0.05) is 90.5 Å². The maximum atomic E-state index is 6.75. The molecule has 30 heavy (non-hydrogen) atoms. The molecule has 3 aromatic rings. The molecule has 0 N–H and O–H groups in total. The van der Waals surface area contributed by atoms with E-state index in [0.717, 1.165) is 0 Å². The van der Waals surface area contributed by atoms with Crippen LogP contribution in [0.25, 0.3) is 0 Å². The van der Waals surface area contributed by atoms with Crippen molar-refractivity contribution < 1.29 is 4.74 Å². The minimum atomic E-state index is 0.262. The number of fused-ring (bicyclic) bond motifs is 3. The van der Waals surface area contributed by atoms with Crippen molar-refractivity contribution in [3.8, 4) is 0 Å². The highest BCUT2D eigenvalue weighted by Gasteiger charge is 2.47. The molecule has 3 heterocycles. The van der Waals surface area contributed by atoms with Gasteiger partial charge in [0.15, 0.2) is 0 Å². The summed E-state index contributed by atoms with van der Waals surface area (Å²) in [4.78, 5) is 2.70. The summed E-state index contributed by atoms with van der Waals surface area (Å²) in [5.74, 6) is 0.984. The quantitative estimate of drug-likeness (QED) is 0.521. The van der Waals surface area contributed by atoms with Gasteiger partial charge in [-0.25, -0.2) is 0 Å². The van der Waals surface area contributed by atoms with Gasteiger partial charge in [0.2, 0.25) is 0 Å². The van der Waals surface area contributed by atoms with Crippen LogP contribution in [-0.4, -0.2) is 30.1 Å². The molecular formula is C28H31NO. The van der Waals surface area contributed by atoms with Crippen LogP contribution in [0, 0.1) is 12.8 Å². The van der Waals surface area contributed by atoms with Crippen molar-refractivity contribution in [2.24, 2.45) is 5.92 Å². The summed E-state index contributed by atoms with van der Waals surface area (Å²) in [5, 5.41) is 0.